The SMILES string of the molecule is CCc1nc2ccc(-c3ccc(OC)cc3)c(C(CCC(N)=O)C3CC3)c2o1. The van der Waals surface area contributed by atoms with E-state index in [2.05, 4.69) is 23.2 Å². The first kappa shape index (κ1) is 18.5. The maximum Gasteiger partial charge on any atom is 0.217 e. The molecular formula is C23H26N2O3. The summed E-state index contributed by atoms with van der Waals surface area (Å²) in [6.07, 6.45) is 4.23. The fourth-order valence-electron chi connectivity index (χ4n) is 4.01. The number of carbonyl (C=O) groups excluding carboxylic acids is 1. The predicted octanol–water partition coefficient (Wildman–Crippen LogP) is 4.82. The van der Waals surface area contributed by atoms with Gasteiger partial charge in [-0.2, -0.15) is 0 Å². The van der Waals surface area contributed by atoms with Gasteiger partial charge in [-0.25, -0.2) is 4.98 Å². The monoisotopic (exact) mass is 378 g/mol. The lowest BCUT2D eigenvalue weighted by Crippen LogP contribution is -2.13. The number of nitrogens with two attached hydrogens (primary N) is 1. The molecule has 146 valence electrons. The summed E-state index contributed by atoms with van der Waals surface area (Å²) < 4.78 is 11.5. The number of ether oxygens (including phenoxy) is 1. The summed E-state index contributed by atoms with van der Waals surface area (Å²) in [5, 5.41) is 0. The number of aryl methyl sites for hydroxylation is 1. The van der Waals surface area contributed by atoms with E-state index in [4.69, 9.17) is 14.9 Å². The van der Waals surface area contributed by atoms with Gasteiger partial charge in [0.25, 0.3) is 0 Å². The smallest absolute Gasteiger partial charge is 0.217 e. The molecule has 0 spiro atoms. The Balaban J connectivity index is 1.87. The van der Waals surface area contributed by atoms with Gasteiger partial charge >= 0.3 is 0 Å². The Morgan fingerprint density at radius 2 is 2.00 bits per heavy atom. The minimum atomic E-state index is -0.254. The number of hydrogen-bond acceptors (Lipinski definition) is 4. The average molecular weight is 378 g/mol. The van der Waals surface area contributed by atoms with Crippen LogP contribution in [0.1, 0.15) is 50.0 Å². The molecule has 5 nitrogen and oxygen atoms in total. The molecule has 1 aromatic heterocycles. The molecule has 1 amide bonds. The summed E-state index contributed by atoms with van der Waals surface area (Å²) in [6.45, 7) is 2.04. The van der Waals surface area contributed by atoms with Gasteiger partial charge in [-0.1, -0.05) is 25.1 Å². The summed E-state index contributed by atoms with van der Waals surface area (Å²) in [5.41, 5.74) is 10.6. The second-order valence-corrected chi connectivity index (χ2v) is 7.51. The van der Waals surface area contributed by atoms with Crippen LogP contribution in [0, 0.1) is 5.92 Å². The van der Waals surface area contributed by atoms with Crippen LogP contribution in [0.4, 0.5) is 0 Å². The quantitative estimate of drug-likeness (QED) is 0.609. The number of primary amides is 1. The van der Waals surface area contributed by atoms with Crippen molar-refractivity contribution in [1.82, 2.24) is 4.98 Å². The molecule has 1 saturated carbocycles. The average Bonchev–Trinajstić information content (AvgIpc) is 3.45. The Kier molecular flexibility index (Phi) is 5.07. The molecule has 1 atom stereocenters. The summed E-state index contributed by atoms with van der Waals surface area (Å²) >= 11 is 0. The van der Waals surface area contributed by atoms with Crippen LogP contribution >= 0.6 is 0 Å². The molecule has 1 unspecified atom stereocenters. The molecule has 0 aliphatic heterocycles. The molecule has 0 bridgehead atoms. The van der Waals surface area contributed by atoms with Crippen molar-refractivity contribution in [2.24, 2.45) is 11.7 Å². The third-order valence-corrected chi connectivity index (χ3v) is 5.61. The van der Waals surface area contributed by atoms with E-state index in [1.807, 2.05) is 25.1 Å². The number of methoxy groups -OCH3 is 1. The number of fused-ring (bicyclic) bond motifs is 1. The third-order valence-electron chi connectivity index (χ3n) is 5.61. The Morgan fingerprint density at radius 3 is 2.61 bits per heavy atom. The zero-order valence-electron chi connectivity index (χ0n) is 16.4. The van der Waals surface area contributed by atoms with E-state index >= 15 is 0 Å². The van der Waals surface area contributed by atoms with Crippen molar-refractivity contribution < 1.29 is 13.9 Å². The lowest BCUT2D eigenvalue weighted by atomic mass is 9.84. The summed E-state index contributed by atoms with van der Waals surface area (Å²) in [7, 11) is 1.67. The molecule has 1 heterocycles. The van der Waals surface area contributed by atoms with Crippen molar-refractivity contribution in [2.75, 3.05) is 7.11 Å². The highest BCUT2D eigenvalue weighted by molar-refractivity contribution is 5.86. The molecule has 0 radical (unpaired) electrons. The Hall–Kier alpha value is -2.82. The van der Waals surface area contributed by atoms with Crippen LogP contribution in [0.15, 0.2) is 40.8 Å². The van der Waals surface area contributed by atoms with Gasteiger partial charge < -0.3 is 14.9 Å². The predicted molar refractivity (Wildman–Crippen MR) is 109 cm³/mol. The maximum atomic E-state index is 11.5. The molecule has 0 saturated heterocycles. The Labute approximate surface area is 164 Å². The van der Waals surface area contributed by atoms with Crippen LogP contribution in [0.25, 0.3) is 22.2 Å². The fourth-order valence-corrected chi connectivity index (χ4v) is 4.01. The summed E-state index contributed by atoms with van der Waals surface area (Å²) in [5.74, 6) is 2.12. The molecule has 4 rings (SSSR count). The molecule has 28 heavy (non-hydrogen) atoms. The lowest BCUT2D eigenvalue weighted by molar-refractivity contribution is -0.118. The molecule has 1 aliphatic carbocycles. The van der Waals surface area contributed by atoms with Crippen LogP contribution < -0.4 is 10.5 Å². The second kappa shape index (κ2) is 7.66. The van der Waals surface area contributed by atoms with Crippen molar-refractivity contribution in [2.45, 2.75) is 44.9 Å². The van der Waals surface area contributed by atoms with Crippen LogP contribution in [-0.4, -0.2) is 18.0 Å². The van der Waals surface area contributed by atoms with Crippen LogP contribution in [0.3, 0.4) is 0 Å². The van der Waals surface area contributed by atoms with Crippen molar-refractivity contribution >= 4 is 17.0 Å². The standard InChI is InChI=1S/C23H26N2O3/c1-3-21-25-19-12-10-17(15-6-8-16(27-2)9-7-15)22(23(19)28-21)18(14-4-5-14)11-13-20(24)26/h6-10,12,14,18H,3-5,11,13H2,1-2H3,(H2,24,26). The van der Waals surface area contributed by atoms with Crippen LogP contribution in [0.2, 0.25) is 0 Å². The van der Waals surface area contributed by atoms with Gasteiger partial charge in [0.1, 0.15) is 11.3 Å². The van der Waals surface area contributed by atoms with E-state index < -0.39 is 0 Å². The third kappa shape index (κ3) is 3.61. The number of amides is 1. The maximum absolute atomic E-state index is 11.5. The first-order valence-electron chi connectivity index (χ1n) is 9.95. The molecule has 5 heteroatoms. The highest BCUT2D eigenvalue weighted by Gasteiger charge is 2.36. The number of hydrogen-bond donors (Lipinski definition) is 1. The van der Waals surface area contributed by atoms with Gasteiger partial charge in [-0.05, 0) is 60.4 Å². The summed E-state index contributed by atoms with van der Waals surface area (Å²) in [6, 6.07) is 12.2. The van der Waals surface area contributed by atoms with Crippen LogP contribution in [0.5, 0.6) is 5.75 Å². The van der Waals surface area contributed by atoms with Crippen molar-refractivity contribution in [1.29, 1.82) is 0 Å². The normalized spacial score (nSPS) is 14.9. The number of carbonyl (C=O) groups is 1. The Morgan fingerprint density at radius 1 is 1.25 bits per heavy atom. The second-order valence-electron chi connectivity index (χ2n) is 7.51. The zero-order chi connectivity index (χ0) is 19.7. The van der Waals surface area contributed by atoms with Crippen LogP contribution in [-0.2, 0) is 11.2 Å². The minimum absolute atomic E-state index is 0.242. The number of oxazole rings is 1. The van der Waals surface area contributed by atoms with Gasteiger partial charge in [-0.3, -0.25) is 4.79 Å². The highest BCUT2D eigenvalue weighted by Crippen LogP contribution is 2.49. The van der Waals surface area contributed by atoms with Gasteiger partial charge in [0.15, 0.2) is 11.5 Å². The molecule has 1 fully saturated rings. The molecule has 3 aromatic rings. The van der Waals surface area contributed by atoms with E-state index in [1.54, 1.807) is 7.11 Å². The van der Waals surface area contributed by atoms with E-state index in [0.29, 0.717) is 12.3 Å². The number of nitrogens with zero attached hydrogens (tertiary/aromatic N) is 1. The van der Waals surface area contributed by atoms with Gasteiger partial charge in [0.2, 0.25) is 5.91 Å². The molecule has 1 aliphatic rings. The molecular weight excluding hydrogens is 352 g/mol. The molecule has 2 N–H and O–H groups in total. The fraction of sp³-hybridized carbons (Fsp3) is 0.391. The van der Waals surface area contributed by atoms with E-state index in [9.17, 15) is 4.79 Å². The first-order chi connectivity index (χ1) is 13.6. The Bertz CT molecular complexity index is 987. The largest absolute Gasteiger partial charge is 0.497 e. The van der Waals surface area contributed by atoms with Crippen molar-refractivity contribution in [3.63, 3.8) is 0 Å². The van der Waals surface area contributed by atoms with Gasteiger partial charge in [0.05, 0.1) is 7.11 Å². The van der Waals surface area contributed by atoms with E-state index in [-0.39, 0.29) is 11.8 Å². The zero-order valence-corrected chi connectivity index (χ0v) is 16.4. The minimum Gasteiger partial charge on any atom is -0.497 e. The highest BCUT2D eigenvalue weighted by atomic mass is 16.5. The van der Waals surface area contributed by atoms with Crippen molar-refractivity contribution in [3.8, 4) is 16.9 Å². The lowest BCUT2D eigenvalue weighted by Gasteiger charge is -2.20. The summed E-state index contributed by atoms with van der Waals surface area (Å²) in [4.78, 5) is 16.1. The number of aromatic nitrogens is 1. The number of rotatable bonds is 8. The number of benzene rings is 2. The first-order valence-corrected chi connectivity index (χ1v) is 9.95. The van der Waals surface area contributed by atoms with Gasteiger partial charge in [0, 0.05) is 18.4 Å². The van der Waals surface area contributed by atoms with Gasteiger partial charge in [-0.15, -0.1) is 0 Å². The van der Waals surface area contributed by atoms with E-state index in [1.165, 1.54) is 18.4 Å². The topological polar surface area (TPSA) is 78.4 Å². The van der Waals surface area contributed by atoms with Crippen molar-refractivity contribution in [3.05, 3.63) is 47.9 Å². The van der Waals surface area contributed by atoms with E-state index in [0.717, 1.165) is 46.7 Å². The molecule has 2 aromatic carbocycles.